The van der Waals surface area contributed by atoms with Crippen molar-refractivity contribution < 1.29 is 27.1 Å². The van der Waals surface area contributed by atoms with Gasteiger partial charge in [0.2, 0.25) is 10.0 Å². The van der Waals surface area contributed by atoms with Crippen LogP contribution in [0.2, 0.25) is 5.02 Å². The fourth-order valence-electron chi connectivity index (χ4n) is 4.84. The number of benzene rings is 1. The quantitative estimate of drug-likeness (QED) is 0.492. The number of amidine groups is 1. The van der Waals surface area contributed by atoms with Crippen molar-refractivity contribution in [1.82, 2.24) is 15.0 Å². The maximum Gasteiger partial charge on any atom is 0.338 e. The molecular weight excluding hydrogens is 543 g/mol. The molecule has 2 aromatic rings. The maximum atomic E-state index is 13.8. The molecule has 3 aliphatic rings. The van der Waals surface area contributed by atoms with Gasteiger partial charge in [0.1, 0.15) is 17.1 Å². The lowest BCUT2D eigenvalue weighted by Crippen LogP contribution is -2.50. The molecule has 2 aliphatic heterocycles. The van der Waals surface area contributed by atoms with Gasteiger partial charge in [-0.15, -0.1) is 11.3 Å². The van der Waals surface area contributed by atoms with Crippen LogP contribution in [0.1, 0.15) is 42.3 Å². The molecule has 1 atom stereocenters. The van der Waals surface area contributed by atoms with E-state index < -0.39 is 33.1 Å². The summed E-state index contributed by atoms with van der Waals surface area (Å²) in [6.07, 6.45) is 4.12. The first-order chi connectivity index (χ1) is 17.8. The average Bonchev–Trinajstić information content (AvgIpc) is 3.37. The van der Waals surface area contributed by atoms with E-state index in [1.54, 1.807) is 6.20 Å². The van der Waals surface area contributed by atoms with Crippen molar-refractivity contribution in [3.8, 4) is 0 Å². The number of carbonyl (C=O) groups excluding carboxylic acids is 1. The Morgan fingerprint density at radius 1 is 1.27 bits per heavy atom. The molecule has 1 unspecified atom stereocenters. The van der Waals surface area contributed by atoms with Crippen LogP contribution in [0, 0.1) is 11.7 Å². The number of thiazole rings is 1. The molecule has 9 nitrogen and oxygen atoms in total. The lowest BCUT2D eigenvalue weighted by atomic mass is 9.80. The summed E-state index contributed by atoms with van der Waals surface area (Å²) in [5.41, 5.74) is 1.42. The third kappa shape index (κ3) is 5.44. The van der Waals surface area contributed by atoms with Crippen LogP contribution < -0.4 is 10.0 Å². The highest BCUT2D eigenvalue weighted by Crippen LogP contribution is 2.41. The molecule has 5 rings (SSSR count). The molecule has 2 N–H and O–H groups in total. The Hall–Kier alpha value is -2.38. The van der Waals surface area contributed by atoms with E-state index >= 15 is 0 Å². The van der Waals surface area contributed by atoms with E-state index in [9.17, 15) is 17.6 Å². The standard InChI is InChI=1S/C24H26ClFN4O5S2/c1-34-24(31)19-20(13-2-5-15(6-3-13)30-37(32,33)16-11-35-12-16)28-22(23-27-8-9-36-23)29-21(19)17-7-4-14(26)10-18(17)25/h4,7-10,13,15-16,21,30H,2-3,5-6,11-12H2,1H3,(H,28,29). The monoisotopic (exact) mass is 568 g/mol. The van der Waals surface area contributed by atoms with Gasteiger partial charge in [0.15, 0.2) is 10.8 Å². The van der Waals surface area contributed by atoms with Gasteiger partial charge in [-0.1, -0.05) is 17.7 Å². The lowest BCUT2D eigenvalue weighted by Gasteiger charge is -2.36. The van der Waals surface area contributed by atoms with Crippen molar-refractivity contribution in [1.29, 1.82) is 0 Å². The lowest BCUT2D eigenvalue weighted by molar-refractivity contribution is -0.136. The van der Waals surface area contributed by atoms with E-state index in [0.717, 1.165) is 0 Å². The molecule has 198 valence electrons. The zero-order valence-corrected chi connectivity index (χ0v) is 22.3. The number of methoxy groups -OCH3 is 1. The molecule has 3 heterocycles. The number of hydrogen-bond donors (Lipinski definition) is 2. The Kier molecular flexibility index (Phi) is 7.64. The number of rotatable bonds is 7. The molecule has 0 spiro atoms. The van der Waals surface area contributed by atoms with Crippen LogP contribution in [-0.2, 0) is 24.3 Å². The van der Waals surface area contributed by atoms with Crippen molar-refractivity contribution in [2.75, 3.05) is 20.3 Å². The molecule has 1 saturated carbocycles. The normalized spacial score (nSPS) is 24.7. The van der Waals surface area contributed by atoms with Crippen LogP contribution in [0.4, 0.5) is 4.39 Å². The topological polar surface area (TPSA) is 119 Å². The predicted octanol–water partition coefficient (Wildman–Crippen LogP) is 3.33. The van der Waals surface area contributed by atoms with Gasteiger partial charge in [-0.05, 0) is 43.7 Å². The molecule has 37 heavy (non-hydrogen) atoms. The zero-order chi connectivity index (χ0) is 26.2. The number of sulfonamides is 1. The molecule has 1 aliphatic carbocycles. The molecule has 0 radical (unpaired) electrons. The molecular formula is C24H26ClFN4O5S2. The van der Waals surface area contributed by atoms with Crippen molar-refractivity contribution in [2.45, 2.75) is 43.0 Å². The fourth-order valence-corrected chi connectivity index (χ4v) is 7.14. The second-order valence-corrected chi connectivity index (χ2v) is 12.5. The Balaban J connectivity index is 1.47. The second kappa shape index (κ2) is 10.8. The average molecular weight is 569 g/mol. The van der Waals surface area contributed by atoms with Crippen LogP contribution in [-0.4, -0.2) is 56.8 Å². The minimum absolute atomic E-state index is 0.0888. The largest absolute Gasteiger partial charge is 0.466 e. The molecule has 1 saturated heterocycles. The van der Waals surface area contributed by atoms with Gasteiger partial charge in [-0.25, -0.2) is 27.3 Å². The third-order valence-corrected chi connectivity index (χ3v) is 9.80. The summed E-state index contributed by atoms with van der Waals surface area (Å²) in [6, 6.07) is 2.97. The number of aromatic nitrogens is 1. The summed E-state index contributed by atoms with van der Waals surface area (Å²) in [5.74, 6) is -0.669. The molecule has 0 amide bonds. The summed E-state index contributed by atoms with van der Waals surface area (Å²) in [6.45, 7) is 0.437. The van der Waals surface area contributed by atoms with E-state index in [4.69, 9.17) is 26.1 Å². The van der Waals surface area contributed by atoms with Crippen LogP contribution in [0.3, 0.4) is 0 Å². The number of hydrogen-bond acceptors (Lipinski definition) is 9. The van der Waals surface area contributed by atoms with Gasteiger partial charge in [0.05, 0.1) is 25.9 Å². The number of esters is 1. The minimum Gasteiger partial charge on any atom is -0.466 e. The summed E-state index contributed by atoms with van der Waals surface area (Å²) in [7, 11) is -2.14. The zero-order valence-electron chi connectivity index (χ0n) is 19.9. The van der Waals surface area contributed by atoms with E-state index in [0.29, 0.717) is 53.4 Å². The summed E-state index contributed by atoms with van der Waals surface area (Å²) < 4.78 is 51.9. The summed E-state index contributed by atoms with van der Waals surface area (Å²) >= 11 is 7.80. The number of nitrogens with one attached hydrogen (secondary N) is 2. The number of aliphatic imine (C=N–C) groups is 1. The first kappa shape index (κ1) is 26.2. The SMILES string of the molecule is COC(=O)C1=C(C2CCC(NS(=O)(=O)C3COC3)CC2)NC(c2nccs2)=NC1c1ccc(F)cc1Cl. The number of carbonyl (C=O) groups is 1. The minimum atomic E-state index is -3.43. The molecule has 0 bridgehead atoms. The Morgan fingerprint density at radius 3 is 2.62 bits per heavy atom. The van der Waals surface area contributed by atoms with Gasteiger partial charge in [0, 0.05) is 33.9 Å². The molecule has 1 aromatic heterocycles. The van der Waals surface area contributed by atoms with Gasteiger partial charge >= 0.3 is 5.97 Å². The number of halogens is 2. The van der Waals surface area contributed by atoms with Crippen molar-refractivity contribution in [3.05, 3.63) is 62.5 Å². The van der Waals surface area contributed by atoms with Crippen molar-refractivity contribution >= 4 is 44.8 Å². The van der Waals surface area contributed by atoms with E-state index in [-0.39, 0.29) is 30.2 Å². The van der Waals surface area contributed by atoms with Gasteiger partial charge in [-0.3, -0.25) is 4.99 Å². The second-order valence-electron chi connectivity index (χ2n) is 9.20. The Morgan fingerprint density at radius 2 is 2.03 bits per heavy atom. The van der Waals surface area contributed by atoms with E-state index in [1.165, 1.54) is 36.6 Å². The van der Waals surface area contributed by atoms with Crippen LogP contribution in [0.5, 0.6) is 0 Å². The maximum absolute atomic E-state index is 13.8. The Labute approximate surface area is 223 Å². The highest BCUT2D eigenvalue weighted by molar-refractivity contribution is 7.90. The summed E-state index contributed by atoms with van der Waals surface area (Å²) in [5, 5.41) is 5.42. The van der Waals surface area contributed by atoms with Gasteiger partial charge < -0.3 is 14.8 Å². The first-order valence-corrected chi connectivity index (χ1v) is 14.7. The van der Waals surface area contributed by atoms with E-state index in [1.807, 2.05) is 5.38 Å². The Bertz CT molecular complexity index is 1340. The van der Waals surface area contributed by atoms with Gasteiger partial charge in [-0.2, -0.15) is 0 Å². The molecule has 1 aromatic carbocycles. The van der Waals surface area contributed by atoms with Crippen molar-refractivity contribution in [3.63, 3.8) is 0 Å². The summed E-state index contributed by atoms with van der Waals surface area (Å²) in [4.78, 5) is 22.2. The number of allylic oxidation sites excluding steroid dienone is 1. The van der Waals surface area contributed by atoms with Crippen LogP contribution in [0.25, 0.3) is 0 Å². The smallest absolute Gasteiger partial charge is 0.338 e. The fraction of sp³-hybridized carbons (Fsp3) is 0.458. The van der Waals surface area contributed by atoms with Crippen LogP contribution >= 0.6 is 22.9 Å². The molecule has 2 fully saturated rings. The van der Waals surface area contributed by atoms with E-state index in [2.05, 4.69) is 15.0 Å². The number of nitrogens with zero attached hydrogens (tertiary/aromatic N) is 2. The highest BCUT2D eigenvalue weighted by atomic mass is 35.5. The predicted molar refractivity (Wildman–Crippen MR) is 137 cm³/mol. The van der Waals surface area contributed by atoms with Crippen molar-refractivity contribution in [2.24, 2.45) is 10.9 Å². The van der Waals surface area contributed by atoms with Gasteiger partial charge in [0.25, 0.3) is 0 Å². The molecule has 13 heteroatoms. The first-order valence-electron chi connectivity index (χ1n) is 11.9. The highest BCUT2D eigenvalue weighted by Gasteiger charge is 2.39. The third-order valence-electron chi connectivity index (χ3n) is 6.88. The number of ether oxygens (including phenoxy) is 2. The van der Waals surface area contributed by atoms with Crippen LogP contribution in [0.15, 0.2) is 46.0 Å².